The number of hydrogen-bond donors (Lipinski definition) is 0. The van der Waals surface area contributed by atoms with Gasteiger partial charge in [-0.05, 0) is 125 Å². The van der Waals surface area contributed by atoms with Crippen LogP contribution in [0.2, 0.25) is 0 Å². The highest BCUT2D eigenvalue weighted by molar-refractivity contribution is 7.26. The molecule has 13 aromatic rings. The molecule has 0 spiro atoms. The predicted octanol–water partition coefficient (Wildman–Crippen LogP) is 19.8. The summed E-state index contributed by atoms with van der Waals surface area (Å²) in [4.78, 5) is 2.46. The molecule has 0 fully saturated rings. The van der Waals surface area contributed by atoms with E-state index in [1.165, 1.54) is 108 Å². The lowest BCUT2D eigenvalue weighted by molar-refractivity contribution is 1.30. The lowest BCUT2D eigenvalue weighted by Gasteiger charge is -2.27. The molecule has 0 N–H and O–H groups in total. The van der Waals surface area contributed by atoms with Crippen LogP contribution < -0.4 is 4.90 Å². The van der Waals surface area contributed by atoms with Crippen LogP contribution >= 0.6 is 11.3 Å². The van der Waals surface area contributed by atoms with Crippen molar-refractivity contribution < 1.29 is 0 Å². The van der Waals surface area contributed by atoms with E-state index in [0.717, 1.165) is 17.1 Å². The first-order valence-corrected chi connectivity index (χ1v) is 24.8. The SMILES string of the molecule is c1ccc(-c2ccccc2-c2ccccc2-c2ccc(N(c3ccc(-c4cccc(-c5cccc6ccccc56)c4)cc3)c3ccc(-c4cccc5ccccc45)c4sc5ccccc5c34)cc2)cc1. The Morgan fingerprint density at radius 3 is 1.39 bits per heavy atom. The first-order valence-electron chi connectivity index (χ1n) is 24.0. The van der Waals surface area contributed by atoms with Crippen LogP contribution in [0, 0.1) is 0 Å². The van der Waals surface area contributed by atoms with Crippen LogP contribution in [0.1, 0.15) is 0 Å². The first kappa shape index (κ1) is 41.4. The van der Waals surface area contributed by atoms with Crippen LogP contribution in [-0.2, 0) is 0 Å². The number of benzene rings is 12. The highest BCUT2D eigenvalue weighted by Crippen LogP contribution is 2.50. The summed E-state index contributed by atoms with van der Waals surface area (Å²) in [5.41, 5.74) is 17.9. The van der Waals surface area contributed by atoms with Gasteiger partial charge < -0.3 is 4.90 Å². The van der Waals surface area contributed by atoms with Gasteiger partial charge in [0.2, 0.25) is 0 Å². The molecule has 0 aliphatic rings. The molecular weight excluding hydrogens is 863 g/mol. The molecule has 0 aliphatic carbocycles. The van der Waals surface area contributed by atoms with Gasteiger partial charge in [-0.25, -0.2) is 0 Å². The monoisotopic (exact) mass is 907 g/mol. The largest absolute Gasteiger partial charge is 0.310 e. The molecule has 70 heavy (non-hydrogen) atoms. The number of anilines is 3. The van der Waals surface area contributed by atoms with Gasteiger partial charge in [-0.3, -0.25) is 0 Å². The van der Waals surface area contributed by atoms with E-state index in [9.17, 15) is 0 Å². The standard InChI is InChI=1S/C68H45NS/c1-2-17-47(18-3-1)56-27-8-10-29-60(56)61-30-11-9-28-58(61)50-37-41-54(42-38-50)69(53-39-35-46(36-40-53)51-23-14-24-52(45-51)59-32-15-21-48-19-4-6-25-55(48)59)65-44-43-63(62-33-16-22-49-20-5-7-26-57(49)62)68-67(65)64-31-12-13-34-66(64)70-68/h1-45H. The number of nitrogens with zero attached hydrogens (tertiary/aromatic N) is 1. The Morgan fingerprint density at radius 2 is 0.714 bits per heavy atom. The second-order valence-corrected chi connectivity index (χ2v) is 19.0. The van der Waals surface area contributed by atoms with Crippen molar-refractivity contribution in [1.29, 1.82) is 0 Å². The van der Waals surface area contributed by atoms with Crippen LogP contribution in [-0.4, -0.2) is 0 Å². The summed E-state index contributed by atoms with van der Waals surface area (Å²) < 4.78 is 2.56. The molecule has 0 atom stereocenters. The fourth-order valence-electron chi connectivity index (χ4n) is 10.6. The molecular formula is C68H45NS. The fraction of sp³-hybridized carbons (Fsp3) is 0. The average Bonchev–Trinajstić information content (AvgIpc) is 3.84. The Bertz CT molecular complexity index is 4040. The maximum atomic E-state index is 2.46. The summed E-state index contributed by atoms with van der Waals surface area (Å²) in [6, 6.07) is 99.9. The van der Waals surface area contributed by atoms with Crippen molar-refractivity contribution in [1.82, 2.24) is 0 Å². The number of thiophene rings is 1. The van der Waals surface area contributed by atoms with E-state index in [0.29, 0.717) is 0 Å². The quantitative estimate of drug-likeness (QED) is 0.139. The molecule has 0 saturated heterocycles. The molecule has 0 saturated carbocycles. The van der Waals surface area contributed by atoms with Crippen molar-refractivity contribution in [3.8, 4) is 66.8 Å². The highest BCUT2D eigenvalue weighted by Gasteiger charge is 2.22. The Morgan fingerprint density at radius 1 is 0.257 bits per heavy atom. The molecule has 0 unspecified atom stereocenters. The van der Waals surface area contributed by atoms with E-state index >= 15 is 0 Å². The summed E-state index contributed by atoms with van der Waals surface area (Å²) in [6.07, 6.45) is 0. The zero-order chi connectivity index (χ0) is 46.4. The molecule has 0 amide bonds. The summed E-state index contributed by atoms with van der Waals surface area (Å²) in [5.74, 6) is 0. The fourth-order valence-corrected chi connectivity index (χ4v) is 11.8. The van der Waals surface area contributed by atoms with Gasteiger partial charge in [-0.1, -0.05) is 231 Å². The topological polar surface area (TPSA) is 3.24 Å². The van der Waals surface area contributed by atoms with Gasteiger partial charge >= 0.3 is 0 Å². The van der Waals surface area contributed by atoms with Crippen LogP contribution in [0.3, 0.4) is 0 Å². The maximum absolute atomic E-state index is 2.46. The molecule has 328 valence electrons. The molecule has 1 nitrogen and oxygen atoms in total. The number of fused-ring (bicyclic) bond motifs is 5. The lowest BCUT2D eigenvalue weighted by Crippen LogP contribution is -2.10. The van der Waals surface area contributed by atoms with Gasteiger partial charge in [0, 0.05) is 37.1 Å². The van der Waals surface area contributed by atoms with Crippen LogP contribution in [0.25, 0.3) is 108 Å². The third-order valence-corrected chi connectivity index (χ3v) is 15.1. The van der Waals surface area contributed by atoms with E-state index in [4.69, 9.17) is 0 Å². The maximum Gasteiger partial charge on any atom is 0.0555 e. The van der Waals surface area contributed by atoms with Gasteiger partial charge in [0.05, 0.1) is 5.69 Å². The van der Waals surface area contributed by atoms with E-state index in [1.807, 2.05) is 11.3 Å². The van der Waals surface area contributed by atoms with Crippen LogP contribution in [0.4, 0.5) is 17.1 Å². The zero-order valence-electron chi connectivity index (χ0n) is 38.3. The van der Waals surface area contributed by atoms with Crippen LogP contribution in [0.5, 0.6) is 0 Å². The molecule has 0 radical (unpaired) electrons. The van der Waals surface area contributed by atoms with E-state index < -0.39 is 0 Å². The van der Waals surface area contributed by atoms with Gasteiger partial charge in [0.25, 0.3) is 0 Å². The number of rotatable bonds is 9. The summed E-state index contributed by atoms with van der Waals surface area (Å²) in [6.45, 7) is 0. The van der Waals surface area contributed by atoms with Crippen molar-refractivity contribution in [3.05, 3.63) is 273 Å². The Labute approximate surface area is 412 Å². The molecule has 1 heterocycles. The van der Waals surface area contributed by atoms with Crippen molar-refractivity contribution in [3.63, 3.8) is 0 Å². The minimum atomic E-state index is 1.09. The average molecular weight is 908 g/mol. The summed E-state index contributed by atoms with van der Waals surface area (Å²) in [7, 11) is 0. The minimum Gasteiger partial charge on any atom is -0.310 e. The summed E-state index contributed by atoms with van der Waals surface area (Å²) in [5, 5.41) is 7.53. The predicted molar refractivity (Wildman–Crippen MR) is 302 cm³/mol. The van der Waals surface area contributed by atoms with Gasteiger partial charge in [0.15, 0.2) is 0 Å². The normalized spacial score (nSPS) is 11.4. The van der Waals surface area contributed by atoms with Crippen molar-refractivity contribution >= 4 is 70.1 Å². The van der Waals surface area contributed by atoms with Crippen molar-refractivity contribution in [2.24, 2.45) is 0 Å². The van der Waals surface area contributed by atoms with E-state index in [2.05, 4.69) is 278 Å². The third-order valence-electron chi connectivity index (χ3n) is 13.9. The smallest absolute Gasteiger partial charge is 0.0555 e. The molecule has 0 aliphatic heterocycles. The number of hydrogen-bond acceptors (Lipinski definition) is 2. The third kappa shape index (κ3) is 7.34. The zero-order valence-corrected chi connectivity index (χ0v) is 39.2. The molecule has 1 aromatic heterocycles. The Balaban J connectivity index is 0.963. The first-order chi connectivity index (χ1) is 34.7. The molecule has 2 heteroatoms. The lowest BCUT2D eigenvalue weighted by atomic mass is 9.89. The van der Waals surface area contributed by atoms with Gasteiger partial charge in [-0.2, -0.15) is 0 Å². The van der Waals surface area contributed by atoms with E-state index in [-0.39, 0.29) is 0 Å². The second kappa shape index (κ2) is 17.7. The van der Waals surface area contributed by atoms with Gasteiger partial charge in [-0.15, -0.1) is 11.3 Å². The molecule has 0 bridgehead atoms. The Hall–Kier alpha value is -8.82. The van der Waals surface area contributed by atoms with Crippen molar-refractivity contribution in [2.75, 3.05) is 4.90 Å². The molecule has 13 rings (SSSR count). The van der Waals surface area contributed by atoms with E-state index in [1.54, 1.807) is 0 Å². The van der Waals surface area contributed by atoms with Crippen LogP contribution in [0.15, 0.2) is 273 Å². The minimum absolute atomic E-state index is 1.09. The summed E-state index contributed by atoms with van der Waals surface area (Å²) >= 11 is 1.89. The Kier molecular flexibility index (Phi) is 10.5. The molecule has 12 aromatic carbocycles. The highest BCUT2D eigenvalue weighted by atomic mass is 32.1. The van der Waals surface area contributed by atoms with Crippen molar-refractivity contribution in [2.45, 2.75) is 0 Å². The second-order valence-electron chi connectivity index (χ2n) is 18.0. The van der Waals surface area contributed by atoms with Gasteiger partial charge in [0.1, 0.15) is 0 Å².